The summed E-state index contributed by atoms with van der Waals surface area (Å²) in [7, 11) is -0.969. The average Bonchev–Trinajstić information content (AvgIpc) is 2.60. The largest absolute Gasteiger partial charge is 0.495 e. The molecule has 2 heterocycles. The molecule has 3 rings (SSSR count). The van der Waals surface area contributed by atoms with Crippen molar-refractivity contribution in [2.75, 3.05) is 40.5 Å². The number of fused-ring (bicyclic) bond motifs is 1. The first-order valence-corrected chi connectivity index (χ1v) is 9.20. The number of aryl methyl sites for hydroxylation is 1. The summed E-state index contributed by atoms with van der Waals surface area (Å²) in [5.74, 6) is 0.458. The molecule has 1 saturated heterocycles. The van der Waals surface area contributed by atoms with E-state index in [1.165, 1.54) is 30.7 Å². The molecule has 0 aliphatic carbocycles. The van der Waals surface area contributed by atoms with Gasteiger partial charge in [0.2, 0.25) is 15.6 Å². The number of rotatable bonds is 4. The number of methoxy groups -OCH3 is 2. The average molecular weight is 368 g/mol. The van der Waals surface area contributed by atoms with E-state index < -0.39 is 10.0 Å². The standard InChI is InChI=1S/C16H20N2O6S/c1-10-8-13(19)17-15-11(22-2)9-12(16(23-3)14(10)15)25(20,21)18-4-6-24-7-5-18/h8-9H,4-7H2,1-3H3,(H,17,19). The summed E-state index contributed by atoms with van der Waals surface area (Å²) >= 11 is 0. The van der Waals surface area contributed by atoms with Crippen LogP contribution in [-0.4, -0.2) is 58.2 Å². The van der Waals surface area contributed by atoms with E-state index in [0.29, 0.717) is 29.7 Å². The molecule has 0 unspecified atom stereocenters. The van der Waals surface area contributed by atoms with Gasteiger partial charge in [0, 0.05) is 30.6 Å². The third kappa shape index (κ3) is 2.99. The number of nitrogens with zero attached hydrogens (tertiary/aromatic N) is 1. The second-order valence-electron chi connectivity index (χ2n) is 5.69. The van der Waals surface area contributed by atoms with Crippen LogP contribution in [0.1, 0.15) is 5.56 Å². The molecule has 136 valence electrons. The SMILES string of the molecule is COc1cc(S(=O)(=O)N2CCOCC2)c(OC)c2c(C)cc(=O)[nH]c12. The molecule has 2 aromatic rings. The Morgan fingerprint density at radius 1 is 1.16 bits per heavy atom. The molecule has 0 amide bonds. The maximum Gasteiger partial charge on any atom is 0.248 e. The number of ether oxygens (including phenoxy) is 3. The summed E-state index contributed by atoms with van der Waals surface area (Å²) in [6.07, 6.45) is 0. The molecule has 0 bridgehead atoms. The Hall–Kier alpha value is -2.10. The van der Waals surface area contributed by atoms with Crippen molar-refractivity contribution in [2.24, 2.45) is 0 Å². The Kier molecular flexibility index (Phi) is 4.72. The number of H-pyrrole nitrogens is 1. The monoisotopic (exact) mass is 368 g/mol. The summed E-state index contributed by atoms with van der Waals surface area (Å²) in [6.45, 7) is 2.97. The molecule has 1 aromatic heterocycles. The first-order chi connectivity index (χ1) is 11.9. The van der Waals surface area contributed by atoms with Gasteiger partial charge in [-0.25, -0.2) is 8.42 Å². The topological polar surface area (TPSA) is 97.9 Å². The van der Waals surface area contributed by atoms with Gasteiger partial charge in [0.15, 0.2) is 0 Å². The van der Waals surface area contributed by atoms with E-state index in [1.54, 1.807) is 6.92 Å². The van der Waals surface area contributed by atoms with Crippen molar-refractivity contribution in [2.45, 2.75) is 11.8 Å². The van der Waals surface area contributed by atoms with Gasteiger partial charge in [0.1, 0.15) is 16.4 Å². The molecule has 0 spiro atoms. The minimum Gasteiger partial charge on any atom is -0.495 e. The van der Waals surface area contributed by atoms with Crippen molar-refractivity contribution in [3.63, 3.8) is 0 Å². The fourth-order valence-corrected chi connectivity index (χ4v) is 4.61. The summed E-state index contributed by atoms with van der Waals surface area (Å²) in [4.78, 5) is 14.5. The molecular formula is C16H20N2O6S. The molecule has 0 radical (unpaired) electrons. The van der Waals surface area contributed by atoms with E-state index in [1.807, 2.05) is 0 Å². The lowest BCUT2D eigenvalue weighted by atomic mass is 10.1. The van der Waals surface area contributed by atoms with Crippen LogP contribution in [0, 0.1) is 6.92 Å². The number of morpholine rings is 1. The lowest BCUT2D eigenvalue weighted by molar-refractivity contribution is 0.0729. The number of pyridine rings is 1. The molecule has 1 aliphatic heterocycles. The van der Waals surface area contributed by atoms with Crippen molar-refractivity contribution in [3.05, 3.63) is 28.0 Å². The predicted octanol–water partition coefficient (Wildman–Crippen LogP) is 0.875. The van der Waals surface area contributed by atoms with E-state index in [9.17, 15) is 13.2 Å². The summed E-state index contributed by atoms with van der Waals surface area (Å²) in [6, 6.07) is 2.79. The van der Waals surface area contributed by atoms with Gasteiger partial charge >= 0.3 is 0 Å². The first kappa shape index (κ1) is 17.7. The van der Waals surface area contributed by atoms with Crippen LogP contribution in [0.15, 0.2) is 21.8 Å². The number of sulfonamides is 1. The van der Waals surface area contributed by atoms with Gasteiger partial charge in [-0.15, -0.1) is 0 Å². The third-order valence-electron chi connectivity index (χ3n) is 4.21. The highest BCUT2D eigenvalue weighted by atomic mass is 32.2. The van der Waals surface area contributed by atoms with Crippen LogP contribution in [0.25, 0.3) is 10.9 Å². The van der Waals surface area contributed by atoms with Gasteiger partial charge in [0.05, 0.1) is 33.0 Å². The van der Waals surface area contributed by atoms with Crippen molar-refractivity contribution < 1.29 is 22.6 Å². The highest BCUT2D eigenvalue weighted by molar-refractivity contribution is 7.89. The lowest BCUT2D eigenvalue weighted by Crippen LogP contribution is -2.40. The van der Waals surface area contributed by atoms with E-state index in [0.717, 1.165) is 0 Å². The Morgan fingerprint density at radius 3 is 2.44 bits per heavy atom. The Labute approximate surface area is 145 Å². The van der Waals surface area contributed by atoms with Crippen LogP contribution in [0.2, 0.25) is 0 Å². The van der Waals surface area contributed by atoms with E-state index >= 15 is 0 Å². The van der Waals surface area contributed by atoms with Crippen LogP contribution in [0.4, 0.5) is 0 Å². The maximum absolute atomic E-state index is 13.1. The Morgan fingerprint density at radius 2 is 1.84 bits per heavy atom. The second kappa shape index (κ2) is 6.66. The number of aromatic amines is 1. The lowest BCUT2D eigenvalue weighted by Gasteiger charge is -2.27. The van der Waals surface area contributed by atoms with Crippen molar-refractivity contribution in [1.82, 2.24) is 9.29 Å². The minimum atomic E-state index is -3.80. The summed E-state index contributed by atoms with van der Waals surface area (Å²) in [5, 5.41) is 0.508. The van der Waals surface area contributed by atoms with Crippen LogP contribution >= 0.6 is 0 Å². The summed E-state index contributed by atoms with van der Waals surface area (Å²) < 4.78 is 43.6. The molecule has 9 heteroatoms. The quantitative estimate of drug-likeness (QED) is 0.860. The number of nitrogens with one attached hydrogen (secondary N) is 1. The van der Waals surface area contributed by atoms with Gasteiger partial charge in [-0.2, -0.15) is 4.31 Å². The fourth-order valence-electron chi connectivity index (χ4n) is 3.03. The molecule has 1 aliphatic rings. The molecule has 1 fully saturated rings. The van der Waals surface area contributed by atoms with Gasteiger partial charge in [0.25, 0.3) is 0 Å². The maximum atomic E-state index is 13.1. The number of hydrogen-bond donors (Lipinski definition) is 1. The minimum absolute atomic E-state index is 0.0106. The van der Waals surface area contributed by atoms with E-state index in [2.05, 4.69) is 4.98 Å². The molecule has 1 aromatic carbocycles. The highest BCUT2D eigenvalue weighted by Gasteiger charge is 2.32. The zero-order valence-corrected chi connectivity index (χ0v) is 15.1. The highest BCUT2D eigenvalue weighted by Crippen LogP contribution is 2.40. The van der Waals surface area contributed by atoms with E-state index in [-0.39, 0.29) is 35.0 Å². The van der Waals surface area contributed by atoms with Crippen molar-refractivity contribution >= 4 is 20.9 Å². The molecule has 0 saturated carbocycles. The zero-order valence-electron chi connectivity index (χ0n) is 14.3. The third-order valence-corrected chi connectivity index (χ3v) is 6.12. The Balaban J connectivity index is 2.33. The van der Waals surface area contributed by atoms with Crippen LogP contribution in [-0.2, 0) is 14.8 Å². The molecule has 25 heavy (non-hydrogen) atoms. The van der Waals surface area contributed by atoms with Crippen molar-refractivity contribution in [1.29, 1.82) is 0 Å². The fraction of sp³-hybridized carbons (Fsp3) is 0.438. The molecule has 8 nitrogen and oxygen atoms in total. The number of hydrogen-bond acceptors (Lipinski definition) is 6. The smallest absolute Gasteiger partial charge is 0.248 e. The van der Waals surface area contributed by atoms with Crippen LogP contribution < -0.4 is 15.0 Å². The van der Waals surface area contributed by atoms with Gasteiger partial charge in [-0.05, 0) is 12.5 Å². The van der Waals surface area contributed by atoms with E-state index in [4.69, 9.17) is 14.2 Å². The van der Waals surface area contributed by atoms with Gasteiger partial charge in [-0.1, -0.05) is 0 Å². The van der Waals surface area contributed by atoms with Crippen LogP contribution in [0.5, 0.6) is 11.5 Å². The predicted molar refractivity (Wildman–Crippen MR) is 92.0 cm³/mol. The normalized spacial score (nSPS) is 16.1. The molecule has 0 atom stereocenters. The number of aromatic nitrogens is 1. The number of benzene rings is 1. The molecule has 1 N–H and O–H groups in total. The second-order valence-corrected chi connectivity index (χ2v) is 7.60. The van der Waals surface area contributed by atoms with Crippen LogP contribution in [0.3, 0.4) is 0 Å². The first-order valence-electron chi connectivity index (χ1n) is 7.76. The Bertz CT molecular complexity index is 961. The van der Waals surface area contributed by atoms with Gasteiger partial charge in [-0.3, -0.25) is 4.79 Å². The van der Waals surface area contributed by atoms with Crippen molar-refractivity contribution in [3.8, 4) is 11.5 Å². The summed E-state index contributed by atoms with van der Waals surface area (Å²) in [5.41, 5.74) is 0.715. The van der Waals surface area contributed by atoms with Gasteiger partial charge < -0.3 is 19.2 Å². The zero-order chi connectivity index (χ0) is 18.2. The molecular weight excluding hydrogens is 348 g/mol.